The van der Waals surface area contributed by atoms with Gasteiger partial charge in [-0.05, 0) is 17.9 Å². The highest BCUT2D eigenvalue weighted by molar-refractivity contribution is 5.90. The largest absolute Gasteiger partial charge is 0.480 e. The quantitative estimate of drug-likeness (QED) is 0.881. The Bertz CT molecular complexity index is 536. The minimum atomic E-state index is -1.15. The molecule has 5 nitrogen and oxygen atoms in total. The molecule has 0 radical (unpaired) electrons. The third-order valence-corrected chi connectivity index (χ3v) is 4.47. The average Bonchev–Trinajstić information content (AvgIpc) is 3.29. The number of hydrogen-bond donors (Lipinski definition) is 2. The maximum atomic E-state index is 12.4. The van der Waals surface area contributed by atoms with Crippen LogP contribution in [0.3, 0.4) is 0 Å². The van der Waals surface area contributed by atoms with Crippen LogP contribution < -0.4 is 5.32 Å². The van der Waals surface area contributed by atoms with Gasteiger partial charge in [0.15, 0.2) is 0 Å². The molecule has 1 aromatic carbocycles. The molecule has 1 saturated heterocycles. The summed E-state index contributed by atoms with van der Waals surface area (Å²) in [5.74, 6) is -0.993. The second kappa shape index (κ2) is 5.48. The Balaban J connectivity index is 1.65. The van der Waals surface area contributed by atoms with Gasteiger partial charge < -0.3 is 15.2 Å². The van der Waals surface area contributed by atoms with Gasteiger partial charge in [0.1, 0.15) is 5.54 Å². The summed E-state index contributed by atoms with van der Waals surface area (Å²) in [6, 6.07) is 9.89. The number of ether oxygens (including phenoxy) is 1. The zero-order valence-electron chi connectivity index (χ0n) is 11.7. The Labute approximate surface area is 123 Å². The topological polar surface area (TPSA) is 75.6 Å². The number of carboxylic acids is 1. The fourth-order valence-electron chi connectivity index (χ4n) is 2.99. The lowest BCUT2D eigenvalue weighted by molar-refractivity contribution is -0.152. The number of hydrogen-bond acceptors (Lipinski definition) is 3. The van der Waals surface area contributed by atoms with E-state index in [1.165, 1.54) is 0 Å². The molecule has 2 unspecified atom stereocenters. The van der Waals surface area contributed by atoms with Crippen molar-refractivity contribution in [1.29, 1.82) is 0 Å². The molecule has 1 aliphatic carbocycles. The van der Waals surface area contributed by atoms with E-state index in [0.717, 1.165) is 12.0 Å². The van der Waals surface area contributed by atoms with Gasteiger partial charge >= 0.3 is 5.97 Å². The van der Waals surface area contributed by atoms with Crippen molar-refractivity contribution >= 4 is 11.9 Å². The Hall–Kier alpha value is -1.88. The zero-order valence-corrected chi connectivity index (χ0v) is 11.7. The normalized spacial score (nSPS) is 26.9. The van der Waals surface area contributed by atoms with Crippen LogP contribution >= 0.6 is 0 Å². The Morgan fingerprint density at radius 2 is 1.86 bits per heavy atom. The van der Waals surface area contributed by atoms with Crippen molar-refractivity contribution in [2.75, 3.05) is 13.2 Å². The van der Waals surface area contributed by atoms with Gasteiger partial charge in [-0.15, -0.1) is 0 Å². The number of nitrogens with one attached hydrogen (secondary N) is 1. The Morgan fingerprint density at radius 3 is 2.48 bits per heavy atom. The van der Waals surface area contributed by atoms with Crippen LogP contribution in [0.4, 0.5) is 0 Å². The van der Waals surface area contributed by atoms with Crippen LogP contribution in [0, 0.1) is 5.92 Å². The number of carbonyl (C=O) groups excluding carboxylic acids is 1. The first kappa shape index (κ1) is 14.1. The smallest absolute Gasteiger partial charge is 0.329 e. The molecular formula is C16H19NO4. The van der Waals surface area contributed by atoms with Crippen LogP contribution in [0.25, 0.3) is 0 Å². The third kappa shape index (κ3) is 2.78. The highest BCUT2D eigenvalue weighted by atomic mass is 16.5. The van der Waals surface area contributed by atoms with E-state index in [-0.39, 0.29) is 17.7 Å². The van der Waals surface area contributed by atoms with Gasteiger partial charge in [0, 0.05) is 32.0 Å². The lowest BCUT2D eigenvalue weighted by Crippen LogP contribution is -2.57. The predicted molar refractivity (Wildman–Crippen MR) is 75.9 cm³/mol. The van der Waals surface area contributed by atoms with Crippen molar-refractivity contribution < 1.29 is 19.4 Å². The first-order chi connectivity index (χ1) is 10.1. The fourth-order valence-corrected chi connectivity index (χ4v) is 2.99. The molecule has 0 bridgehead atoms. The first-order valence-electron chi connectivity index (χ1n) is 7.30. The zero-order chi connectivity index (χ0) is 14.9. The number of rotatable bonds is 4. The number of carbonyl (C=O) groups is 2. The molecule has 1 amide bonds. The van der Waals surface area contributed by atoms with E-state index >= 15 is 0 Å². The second-order valence-electron chi connectivity index (χ2n) is 5.85. The molecule has 21 heavy (non-hydrogen) atoms. The summed E-state index contributed by atoms with van der Waals surface area (Å²) in [5.41, 5.74) is -0.00639. The Kier molecular flexibility index (Phi) is 3.68. The molecule has 0 aromatic heterocycles. The SMILES string of the molecule is O=C(NC1(C(=O)O)CCOCC1)C1CC1c1ccccc1. The lowest BCUT2D eigenvalue weighted by atomic mass is 9.89. The molecule has 1 aromatic rings. The molecule has 0 spiro atoms. The van der Waals surface area contributed by atoms with E-state index < -0.39 is 11.5 Å². The molecule has 1 aliphatic heterocycles. The average molecular weight is 289 g/mol. The van der Waals surface area contributed by atoms with Crippen molar-refractivity contribution in [3.63, 3.8) is 0 Å². The number of aliphatic carboxylic acids is 1. The van der Waals surface area contributed by atoms with Crippen LogP contribution in [-0.2, 0) is 14.3 Å². The summed E-state index contributed by atoms with van der Waals surface area (Å²) in [6.07, 6.45) is 1.45. The highest BCUT2D eigenvalue weighted by Gasteiger charge is 2.48. The van der Waals surface area contributed by atoms with Crippen LogP contribution in [0.5, 0.6) is 0 Å². The monoisotopic (exact) mass is 289 g/mol. The van der Waals surface area contributed by atoms with Crippen molar-refractivity contribution in [1.82, 2.24) is 5.32 Å². The molecule has 3 rings (SSSR count). The molecule has 2 atom stereocenters. The van der Waals surface area contributed by atoms with E-state index in [1.54, 1.807) is 0 Å². The van der Waals surface area contributed by atoms with E-state index in [1.807, 2.05) is 30.3 Å². The van der Waals surface area contributed by atoms with E-state index in [0.29, 0.717) is 26.1 Å². The van der Waals surface area contributed by atoms with Gasteiger partial charge in [0.25, 0.3) is 0 Å². The molecule has 1 saturated carbocycles. The molecule has 2 N–H and O–H groups in total. The van der Waals surface area contributed by atoms with Gasteiger partial charge in [-0.2, -0.15) is 0 Å². The van der Waals surface area contributed by atoms with Crippen molar-refractivity contribution in [2.24, 2.45) is 5.92 Å². The van der Waals surface area contributed by atoms with E-state index in [2.05, 4.69) is 5.32 Å². The van der Waals surface area contributed by atoms with Gasteiger partial charge in [0.2, 0.25) is 5.91 Å². The molecule has 5 heteroatoms. The second-order valence-corrected chi connectivity index (χ2v) is 5.85. The lowest BCUT2D eigenvalue weighted by Gasteiger charge is -2.34. The molecule has 112 valence electrons. The minimum absolute atomic E-state index is 0.105. The standard InChI is InChI=1S/C16H19NO4/c18-14(13-10-12(13)11-4-2-1-3-5-11)17-16(15(19)20)6-8-21-9-7-16/h1-5,12-13H,6-10H2,(H,17,18)(H,19,20). The van der Waals surface area contributed by atoms with Gasteiger partial charge in [-0.3, -0.25) is 4.79 Å². The number of carboxylic acid groups (broad SMARTS) is 1. The third-order valence-electron chi connectivity index (χ3n) is 4.47. The first-order valence-corrected chi connectivity index (χ1v) is 7.30. The summed E-state index contributed by atoms with van der Waals surface area (Å²) in [7, 11) is 0. The van der Waals surface area contributed by atoms with Crippen molar-refractivity contribution in [2.45, 2.75) is 30.7 Å². The highest BCUT2D eigenvalue weighted by Crippen LogP contribution is 2.47. The summed E-state index contributed by atoms with van der Waals surface area (Å²) < 4.78 is 5.21. The molecule has 1 heterocycles. The number of amides is 1. The fraction of sp³-hybridized carbons (Fsp3) is 0.500. The van der Waals surface area contributed by atoms with Crippen molar-refractivity contribution in [3.8, 4) is 0 Å². The van der Waals surface area contributed by atoms with Gasteiger partial charge in [-0.1, -0.05) is 30.3 Å². The van der Waals surface area contributed by atoms with Crippen LogP contribution in [-0.4, -0.2) is 35.7 Å². The van der Waals surface area contributed by atoms with Crippen LogP contribution in [0.2, 0.25) is 0 Å². The summed E-state index contributed by atoms with van der Waals surface area (Å²) >= 11 is 0. The van der Waals surface area contributed by atoms with Crippen molar-refractivity contribution in [3.05, 3.63) is 35.9 Å². The summed E-state index contributed by atoms with van der Waals surface area (Å²) in [4.78, 5) is 23.9. The van der Waals surface area contributed by atoms with Crippen LogP contribution in [0.15, 0.2) is 30.3 Å². The van der Waals surface area contributed by atoms with E-state index in [9.17, 15) is 14.7 Å². The predicted octanol–water partition coefficient (Wildman–Crippen LogP) is 1.54. The van der Waals surface area contributed by atoms with Gasteiger partial charge in [0.05, 0.1) is 0 Å². The maximum Gasteiger partial charge on any atom is 0.329 e. The number of benzene rings is 1. The minimum Gasteiger partial charge on any atom is -0.480 e. The molecule has 2 fully saturated rings. The summed E-state index contributed by atoms with van der Waals surface area (Å²) in [6.45, 7) is 0.749. The van der Waals surface area contributed by atoms with Crippen LogP contribution in [0.1, 0.15) is 30.7 Å². The summed E-state index contributed by atoms with van der Waals surface area (Å²) in [5, 5.41) is 12.2. The Morgan fingerprint density at radius 1 is 1.19 bits per heavy atom. The molecular weight excluding hydrogens is 270 g/mol. The maximum absolute atomic E-state index is 12.4. The van der Waals surface area contributed by atoms with E-state index in [4.69, 9.17) is 4.74 Å². The van der Waals surface area contributed by atoms with Gasteiger partial charge in [-0.25, -0.2) is 4.79 Å². The molecule has 2 aliphatic rings.